The van der Waals surface area contributed by atoms with E-state index in [0.717, 1.165) is 5.92 Å². The van der Waals surface area contributed by atoms with Gasteiger partial charge in [-0.3, -0.25) is 0 Å². The minimum Gasteiger partial charge on any atom is -0.321 e. The fraction of sp³-hybridized carbons (Fsp3) is 0.647. The molecule has 0 radical (unpaired) electrons. The van der Waals surface area contributed by atoms with Crippen molar-refractivity contribution in [3.05, 3.63) is 35.4 Å². The van der Waals surface area contributed by atoms with Crippen LogP contribution in [0.2, 0.25) is 0 Å². The molecule has 0 aromatic heterocycles. The second-order valence-electron chi connectivity index (χ2n) is 6.29. The van der Waals surface area contributed by atoms with E-state index in [1.54, 1.807) is 5.56 Å². The van der Waals surface area contributed by atoms with Crippen molar-refractivity contribution in [3.63, 3.8) is 0 Å². The summed E-state index contributed by atoms with van der Waals surface area (Å²) in [6, 6.07) is 9.02. The molecule has 18 heavy (non-hydrogen) atoms. The Morgan fingerprint density at radius 1 is 0.889 bits per heavy atom. The molecule has 98 valence electrons. The van der Waals surface area contributed by atoms with Gasteiger partial charge in [-0.25, -0.2) is 0 Å². The van der Waals surface area contributed by atoms with Crippen LogP contribution in [0.4, 0.5) is 0 Å². The van der Waals surface area contributed by atoms with Gasteiger partial charge in [0.15, 0.2) is 0 Å². The molecule has 2 fully saturated rings. The zero-order valence-corrected chi connectivity index (χ0v) is 11.3. The molecule has 0 amide bonds. The lowest BCUT2D eigenvalue weighted by Crippen LogP contribution is -2.39. The Morgan fingerprint density at radius 3 is 2.28 bits per heavy atom. The summed E-state index contributed by atoms with van der Waals surface area (Å²) in [5.74, 6) is 0.781. The molecular formula is C17H25N. The molecule has 1 nitrogen and oxygen atoms in total. The molecule has 1 aromatic rings. The summed E-state index contributed by atoms with van der Waals surface area (Å²) < 4.78 is 0. The molecule has 0 heterocycles. The molecule has 2 aliphatic carbocycles. The minimum absolute atomic E-state index is 0.0303. The van der Waals surface area contributed by atoms with Crippen molar-refractivity contribution < 1.29 is 0 Å². The summed E-state index contributed by atoms with van der Waals surface area (Å²) in [6.45, 7) is 0. The summed E-state index contributed by atoms with van der Waals surface area (Å²) in [7, 11) is 0. The number of benzene rings is 1. The molecule has 0 spiro atoms. The Balaban J connectivity index is 1.95. The van der Waals surface area contributed by atoms with Crippen molar-refractivity contribution in [1.29, 1.82) is 0 Å². The maximum Gasteiger partial charge on any atom is 0.0412 e. The van der Waals surface area contributed by atoms with Gasteiger partial charge >= 0.3 is 0 Å². The van der Waals surface area contributed by atoms with Crippen LogP contribution in [0, 0.1) is 0 Å². The van der Waals surface area contributed by atoms with E-state index in [-0.39, 0.29) is 5.54 Å². The van der Waals surface area contributed by atoms with Crippen LogP contribution in [0.5, 0.6) is 0 Å². The van der Waals surface area contributed by atoms with Crippen LogP contribution in [0.1, 0.15) is 74.8 Å². The Hall–Kier alpha value is -0.820. The van der Waals surface area contributed by atoms with E-state index in [1.807, 2.05) is 0 Å². The summed E-state index contributed by atoms with van der Waals surface area (Å²) in [5, 5.41) is 0. The van der Waals surface area contributed by atoms with Crippen molar-refractivity contribution in [2.75, 3.05) is 0 Å². The summed E-state index contributed by atoms with van der Waals surface area (Å²) in [5.41, 5.74) is 9.76. The molecule has 2 aliphatic rings. The maximum absolute atomic E-state index is 6.75. The van der Waals surface area contributed by atoms with E-state index in [2.05, 4.69) is 24.3 Å². The summed E-state index contributed by atoms with van der Waals surface area (Å²) >= 11 is 0. The van der Waals surface area contributed by atoms with Gasteiger partial charge in [-0.1, -0.05) is 56.4 Å². The predicted octanol–water partition coefficient (Wildman–Crippen LogP) is 4.46. The zero-order chi connectivity index (χ0) is 12.4. The summed E-state index contributed by atoms with van der Waals surface area (Å²) in [6.07, 6.45) is 11.9. The van der Waals surface area contributed by atoms with Crippen molar-refractivity contribution in [2.45, 2.75) is 69.2 Å². The number of rotatable bonds is 2. The SMILES string of the molecule is NC1(c2ccccc2C2CCCC2)CCCCC1. The Kier molecular flexibility index (Phi) is 3.43. The monoisotopic (exact) mass is 243 g/mol. The lowest BCUT2D eigenvalue weighted by Gasteiger charge is -2.36. The van der Waals surface area contributed by atoms with Crippen LogP contribution in [0.3, 0.4) is 0 Å². The Bertz CT molecular complexity index is 398. The van der Waals surface area contributed by atoms with Gasteiger partial charge < -0.3 is 5.73 Å². The van der Waals surface area contributed by atoms with Crippen LogP contribution in [-0.2, 0) is 5.54 Å². The third-order valence-corrected chi connectivity index (χ3v) is 5.04. The van der Waals surface area contributed by atoms with Gasteiger partial charge in [0.1, 0.15) is 0 Å². The van der Waals surface area contributed by atoms with E-state index in [0.29, 0.717) is 0 Å². The molecule has 0 bridgehead atoms. The number of hydrogen-bond donors (Lipinski definition) is 1. The van der Waals surface area contributed by atoms with Gasteiger partial charge in [0.05, 0.1) is 0 Å². The molecule has 3 rings (SSSR count). The van der Waals surface area contributed by atoms with E-state index in [1.165, 1.54) is 63.4 Å². The average Bonchev–Trinajstić information content (AvgIpc) is 2.93. The van der Waals surface area contributed by atoms with E-state index in [9.17, 15) is 0 Å². The highest BCUT2D eigenvalue weighted by molar-refractivity contribution is 5.37. The Morgan fingerprint density at radius 2 is 1.56 bits per heavy atom. The first kappa shape index (κ1) is 12.2. The first-order valence-electron chi connectivity index (χ1n) is 7.68. The van der Waals surface area contributed by atoms with Crippen molar-refractivity contribution in [1.82, 2.24) is 0 Å². The van der Waals surface area contributed by atoms with E-state index < -0.39 is 0 Å². The first-order valence-corrected chi connectivity index (χ1v) is 7.68. The highest BCUT2D eigenvalue weighted by atomic mass is 14.7. The maximum atomic E-state index is 6.75. The lowest BCUT2D eigenvalue weighted by molar-refractivity contribution is 0.299. The van der Waals surface area contributed by atoms with Gasteiger partial charge in [-0.15, -0.1) is 0 Å². The van der Waals surface area contributed by atoms with Gasteiger partial charge in [0.2, 0.25) is 0 Å². The molecule has 2 N–H and O–H groups in total. The summed E-state index contributed by atoms with van der Waals surface area (Å²) in [4.78, 5) is 0. The second kappa shape index (κ2) is 5.05. The van der Waals surface area contributed by atoms with Crippen molar-refractivity contribution in [3.8, 4) is 0 Å². The third kappa shape index (κ3) is 2.21. The average molecular weight is 243 g/mol. The predicted molar refractivity (Wildman–Crippen MR) is 76.6 cm³/mol. The van der Waals surface area contributed by atoms with Crippen molar-refractivity contribution >= 4 is 0 Å². The van der Waals surface area contributed by atoms with Crippen LogP contribution >= 0.6 is 0 Å². The second-order valence-corrected chi connectivity index (χ2v) is 6.29. The molecule has 0 unspecified atom stereocenters. The molecular weight excluding hydrogens is 218 g/mol. The fourth-order valence-corrected chi connectivity index (χ4v) is 4.00. The zero-order valence-electron chi connectivity index (χ0n) is 11.3. The number of hydrogen-bond acceptors (Lipinski definition) is 1. The lowest BCUT2D eigenvalue weighted by atomic mass is 9.74. The van der Waals surface area contributed by atoms with E-state index in [4.69, 9.17) is 5.73 Å². The molecule has 2 saturated carbocycles. The highest BCUT2D eigenvalue weighted by Crippen LogP contribution is 2.42. The molecule has 1 aromatic carbocycles. The van der Waals surface area contributed by atoms with Crippen LogP contribution in [0.15, 0.2) is 24.3 Å². The first-order chi connectivity index (χ1) is 8.80. The topological polar surface area (TPSA) is 26.0 Å². The third-order valence-electron chi connectivity index (χ3n) is 5.04. The minimum atomic E-state index is -0.0303. The van der Waals surface area contributed by atoms with E-state index >= 15 is 0 Å². The Labute approximate surface area is 111 Å². The largest absolute Gasteiger partial charge is 0.321 e. The van der Waals surface area contributed by atoms with Gasteiger partial charge in [-0.05, 0) is 42.7 Å². The van der Waals surface area contributed by atoms with Crippen LogP contribution in [0.25, 0.3) is 0 Å². The standard InChI is InChI=1S/C17H25N/c18-17(12-6-1-7-13-17)16-11-5-4-10-15(16)14-8-2-3-9-14/h4-5,10-11,14H,1-3,6-9,12-13,18H2. The fourth-order valence-electron chi connectivity index (χ4n) is 4.00. The smallest absolute Gasteiger partial charge is 0.0412 e. The van der Waals surface area contributed by atoms with Crippen LogP contribution < -0.4 is 5.73 Å². The number of nitrogens with two attached hydrogens (primary N) is 1. The van der Waals surface area contributed by atoms with Gasteiger partial charge in [0.25, 0.3) is 0 Å². The van der Waals surface area contributed by atoms with Gasteiger partial charge in [0, 0.05) is 5.54 Å². The van der Waals surface area contributed by atoms with Gasteiger partial charge in [-0.2, -0.15) is 0 Å². The normalized spacial score (nSPS) is 24.3. The van der Waals surface area contributed by atoms with Crippen LogP contribution in [-0.4, -0.2) is 0 Å². The molecule has 0 aliphatic heterocycles. The molecule has 0 atom stereocenters. The molecule has 1 heteroatoms. The molecule has 0 saturated heterocycles. The quantitative estimate of drug-likeness (QED) is 0.815. The van der Waals surface area contributed by atoms with Crippen molar-refractivity contribution in [2.24, 2.45) is 5.73 Å². The highest BCUT2D eigenvalue weighted by Gasteiger charge is 2.33.